The number of pyridine rings is 1. The van der Waals surface area contributed by atoms with Crippen LogP contribution in [0.3, 0.4) is 0 Å². The molecule has 0 saturated carbocycles. The minimum absolute atomic E-state index is 0.853. The highest BCUT2D eigenvalue weighted by atomic mass is 15.2. The topological polar surface area (TPSA) is 37.6 Å². The molecule has 0 amide bonds. The molecular formula is C9H9N3. The molecule has 3 heteroatoms. The monoisotopic (exact) mass is 159 g/mol. The molecule has 0 unspecified atom stereocenters. The first-order valence-corrected chi connectivity index (χ1v) is 3.86. The van der Waals surface area contributed by atoms with E-state index in [0.717, 1.165) is 23.4 Å². The van der Waals surface area contributed by atoms with Gasteiger partial charge in [-0.15, -0.1) is 0 Å². The van der Waals surface area contributed by atoms with Gasteiger partial charge in [0.05, 0.1) is 5.71 Å². The van der Waals surface area contributed by atoms with Crippen molar-refractivity contribution < 1.29 is 0 Å². The van der Waals surface area contributed by atoms with E-state index >= 15 is 0 Å². The Labute approximate surface area is 70.9 Å². The Kier molecular flexibility index (Phi) is 1.70. The first kappa shape index (κ1) is 7.16. The number of rotatable bonds is 1. The summed E-state index contributed by atoms with van der Waals surface area (Å²) < 4.78 is 0. The zero-order chi connectivity index (χ0) is 8.39. The molecule has 0 bridgehead atoms. The summed E-state index contributed by atoms with van der Waals surface area (Å²) in [6.45, 7) is 1.98. The molecule has 0 radical (unpaired) electrons. The number of hydrogen-bond donors (Lipinski definition) is 0. The molecule has 0 fully saturated rings. The Bertz CT molecular complexity index is 338. The van der Waals surface area contributed by atoms with Crippen molar-refractivity contribution in [2.45, 2.75) is 13.3 Å². The van der Waals surface area contributed by atoms with Crippen LogP contribution in [0.15, 0.2) is 34.7 Å². The fourth-order valence-electron chi connectivity index (χ4n) is 1.15. The summed E-state index contributed by atoms with van der Waals surface area (Å²) >= 11 is 0. The summed E-state index contributed by atoms with van der Waals surface area (Å²) in [5, 5.41) is 8.02. The molecule has 1 aromatic rings. The number of nitrogens with zero attached hydrogens (tertiary/aromatic N) is 3. The predicted octanol–water partition coefficient (Wildman–Crippen LogP) is 1.65. The van der Waals surface area contributed by atoms with Crippen molar-refractivity contribution in [3.63, 3.8) is 0 Å². The molecule has 2 rings (SSSR count). The van der Waals surface area contributed by atoms with Gasteiger partial charge in [0.25, 0.3) is 0 Å². The van der Waals surface area contributed by atoms with Crippen molar-refractivity contribution in [1.29, 1.82) is 0 Å². The maximum absolute atomic E-state index is 4.05. The van der Waals surface area contributed by atoms with Gasteiger partial charge in [-0.25, -0.2) is 0 Å². The molecular weight excluding hydrogens is 150 g/mol. The van der Waals surface area contributed by atoms with Crippen molar-refractivity contribution in [3.8, 4) is 0 Å². The Hall–Kier alpha value is -1.51. The average molecular weight is 159 g/mol. The average Bonchev–Trinajstić information content (AvgIpc) is 2.54. The van der Waals surface area contributed by atoms with Crippen molar-refractivity contribution in [3.05, 3.63) is 30.1 Å². The maximum Gasteiger partial charge on any atom is 0.0774 e. The Balaban J connectivity index is 2.25. The van der Waals surface area contributed by atoms with Crippen molar-refractivity contribution in [2.75, 3.05) is 0 Å². The molecule has 0 aliphatic carbocycles. The lowest BCUT2D eigenvalue weighted by Gasteiger charge is -1.96. The Morgan fingerprint density at radius 2 is 2.25 bits per heavy atom. The summed E-state index contributed by atoms with van der Waals surface area (Å²) in [5.41, 5.74) is 3.15. The van der Waals surface area contributed by atoms with Crippen LogP contribution < -0.4 is 0 Å². The molecule has 0 saturated heterocycles. The second kappa shape index (κ2) is 2.85. The molecule has 3 nitrogen and oxygen atoms in total. The van der Waals surface area contributed by atoms with E-state index in [0.29, 0.717) is 0 Å². The van der Waals surface area contributed by atoms with E-state index in [1.54, 1.807) is 6.20 Å². The van der Waals surface area contributed by atoms with Crippen LogP contribution in [0.25, 0.3) is 0 Å². The summed E-state index contributed by atoms with van der Waals surface area (Å²) in [6, 6.07) is 3.91. The Morgan fingerprint density at radius 3 is 2.83 bits per heavy atom. The van der Waals surface area contributed by atoms with Gasteiger partial charge >= 0.3 is 0 Å². The second-order valence-electron chi connectivity index (χ2n) is 2.80. The van der Waals surface area contributed by atoms with Crippen LogP contribution in [-0.2, 0) is 0 Å². The quantitative estimate of drug-likeness (QED) is 0.613. The highest BCUT2D eigenvalue weighted by molar-refractivity contribution is 6.14. The molecule has 2 heterocycles. The largest absolute Gasteiger partial charge is 0.264 e. The van der Waals surface area contributed by atoms with Crippen molar-refractivity contribution in [1.82, 2.24) is 4.98 Å². The third kappa shape index (κ3) is 1.25. The van der Waals surface area contributed by atoms with Crippen LogP contribution in [0.2, 0.25) is 0 Å². The molecule has 0 N–H and O–H groups in total. The van der Waals surface area contributed by atoms with Crippen LogP contribution in [-0.4, -0.2) is 16.4 Å². The molecule has 0 aromatic carbocycles. The maximum atomic E-state index is 4.05. The molecule has 1 aliphatic rings. The van der Waals surface area contributed by atoms with Gasteiger partial charge in [-0.1, -0.05) is 0 Å². The molecule has 1 aliphatic heterocycles. The highest BCUT2D eigenvalue weighted by Gasteiger charge is 2.09. The van der Waals surface area contributed by atoms with Gasteiger partial charge in [-0.3, -0.25) is 4.98 Å². The van der Waals surface area contributed by atoms with Gasteiger partial charge in [-0.05, 0) is 19.1 Å². The molecule has 1 aromatic heterocycles. The van der Waals surface area contributed by atoms with Crippen LogP contribution in [0.4, 0.5) is 0 Å². The summed E-state index contributed by atoms with van der Waals surface area (Å²) in [6.07, 6.45) is 4.42. The van der Waals surface area contributed by atoms with Crippen LogP contribution in [0.5, 0.6) is 0 Å². The van der Waals surface area contributed by atoms with Crippen molar-refractivity contribution in [2.24, 2.45) is 10.2 Å². The first-order chi connectivity index (χ1) is 5.86. The van der Waals surface area contributed by atoms with E-state index < -0.39 is 0 Å². The zero-order valence-electron chi connectivity index (χ0n) is 6.86. The van der Waals surface area contributed by atoms with E-state index in [9.17, 15) is 0 Å². The lowest BCUT2D eigenvalue weighted by atomic mass is 10.1. The second-order valence-corrected chi connectivity index (χ2v) is 2.80. The third-order valence-electron chi connectivity index (χ3n) is 1.76. The molecule has 0 spiro atoms. The van der Waals surface area contributed by atoms with Crippen LogP contribution in [0.1, 0.15) is 18.9 Å². The van der Waals surface area contributed by atoms with Crippen LogP contribution >= 0.6 is 0 Å². The highest BCUT2D eigenvalue weighted by Crippen LogP contribution is 2.09. The van der Waals surface area contributed by atoms with Gasteiger partial charge in [0.15, 0.2) is 0 Å². The lowest BCUT2D eigenvalue weighted by Crippen LogP contribution is -2.00. The lowest BCUT2D eigenvalue weighted by molar-refractivity contribution is 1.25. The summed E-state index contributed by atoms with van der Waals surface area (Å²) in [4.78, 5) is 4.02. The minimum atomic E-state index is 0.853. The van der Waals surface area contributed by atoms with Gasteiger partial charge in [0.2, 0.25) is 0 Å². The minimum Gasteiger partial charge on any atom is -0.264 e. The SMILES string of the molecule is CC1=NN=C(c2cccnc2)C1. The fraction of sp³-hybridized carbons (Fsp3) is 0.222. The van der Waals surface area contributed by atoms with E-state index in [4.69, 9.17) is 0 Å². The van der Waals surface area contributed by atoms with Gasteiger partial charge in [-0.2, -0.15) is 10.2 Å². The smallest absolute Gasteiger partial charge is 0.0774 e. The van der Waals surface area contributed by atoms with E-state index in [1.807, 2.05) is 25.3 Å². The van der Waals surface area contributed by atoms with Gasteiger partial charge in [0, 0.05) is 30.1 Å². The standard InChI is InChI=1S/C9H9N3/c1-7-5-9(12-11-7)8-3-2-4-10-6-8/h2-4,6H,5H2,1H3. The molecule has 60 valence electrons. The third-order valence-corrected chi connectivity index (χ3v) is 1.76. The van der Waals surface area contributed by atoms with E-state index in [-0.39, 0.29) is 0 Å². The number of aromatic nitrogens is 1. The van der Waals surface area contributed by atoms with Crippen LogP contribution in [0, 0.1) is 0 Å². The first-order valence-electron chi connectivity index (χ1n) is 3.86. The van der Waals surface area contributed by atoms with E-state index in [2.05, 4.69) is 15.2 Å². The van der Waals surface area contributed by atoms with Gasteiger partial charge < -0.3 is 0 Å². The van der Waals surface area contributed by atoms with E-state index in [1.165, 1.54) is 0 Å². The fourth-order valence-corrected chi connectivity index (χ4v) is 1.15. The molecule has 12 heavy (non-hydrogen) atoms. The Morgan fingerprint density at radius 1 is 1.33 bits per heavy atom. The van der Waals surface area contributed by atoms with Crippen molar-refractivity contribution >= 4 is 11.4 Å². The number of hydrogen-bond acceptors (Lipinski definition) is 3. The normalized spacial score (nSPS) is 15.8. The van der Waals surface area contributed by atoms with Gasteiger partial charge in [0.1, 0.15) is 0 Å². The summed E-state index contributed by atoms with van der Waals surface area (Å²) in [7, 11) is 0. The summed E-state index contributed by atoms with van der Waals surface area (Å²) in [5.74, 6) is 0. The molecule has 0 atom stereocenters. The zero-order valence-corrected chi connectivity index (χ0v) is 6.86. The predicted molar refractivity (Wildman–Crippen MR) is 48.5 cm³/mol.